The molecular weight excluding hydrogens is 266 g/mol. The van der Waals surface area contributed by atoms with Gasteiger partial charge in [-0.2, -0.15) is 19.6 Å². The first-order valence-electron chi connectivity index (χ1n) is 6.16. The zero-order chi connectivity index (χ0) is 14.0. The molecule has 1 unspecified atom stereocenters. The molecule has 0 bridgehead atoms. The highest BCUT2D eigenvalue weighted by Gasteiger charge is 2.18. The number of hydrogen-bond donors (Lipinski definition) is 1. The van der Waals surface area contributed by atoms with Crippen molar-refractivity contribution in [3.05, 3.63) is 17.0 Å². The topological polar surface area (TPSA) is 64.3 Å². The largest absolute Gasteiger partial charge is 0.383 e. The molecule has 0 aliphatic rings. The molecular formula is C12H18ClN5O. The van der Waals surface area contributed by atoms with Crippen LogP contribution in [0.1, 0.15) is 19.4 Å². The van der Waals surface area contributed by atoms with Crippen LogP contribution in [0.25, 0.3) is 5.78 Å². The number of anilines is 1. The van der Waals surface area contributed by atoms with E-state index < -0.39 is 0 Å². The highest BCUT2D eigenvalue weighted by Crippen LogP contribution is 2.23. The van der Waals surface area contributed by atoms with Crippen LogP contribution in [0.3, 0.4) is 0 Å². The molecule has 0 saturated heterocycles. The Labute approximate surface area is 117 Å². The van der Waals surface area contributed by atoms with Gasteiger partial charge in [0, 0.05) is 12.7 Å². The van der Waals surface area contributed by atoms with Crippen molar-refractivity contribution in [1.29, 1.82) is 0 Å². The van der Waals surface area contributed by atoms with Crippen molar-refractivity contribution in [2.24, 2.45) is 5.92 Å². The molecule has 1 N–H and O–H groups in total. The monoisotopic (exact) mass is 283 g/mol. The van der Waals surface area contributed by atoms with Crippen molar-refractivity contribution in [2.45, 2.75) is 26.8 Å². The number of halogens is 1. The van der Waals surface area contributed by atoms with Crippen LogP contribution in [0.4, 0.5) is 5.82 Å². The van der Waals surface area contributed by atoms with Gasteiger partial charge in [0.15, 0.2) is 0 Å². The van der Waals surface area contributed by atoms with Gasteiger partial charge in [-0.15, -0.1) is 0 Å². The summed E-state index contributed by atoms with van der Waals surface area (Å²) in [6, 6.07) is 0.162. The second-order valence-corrected chi connectivity index (χ2v) is 5.16. The number of fused-ring (bicyclic) bond motifs is 1. The van der Waals surface area contributed by atoms with E-state index in [2.05, 4.69) is 34.2 Å². The zero-order valence-electron chi connectivity index (χ0n) is 11.5. The average molecular weight is 284 g/mol. The fourth-order valence-electron chi connectivity index (χ4n) is 1.82. The van der Waals surface area contributed by atoms with E-state index in [4.69, 9.17) is 16.3 Å². The zero-order valence-corrected chi connectivity index (χ0v) is 12.3. The number of rotatable bonds is 5. The number of nitrogens with one attached hydrogen (secondary N) is 1. The molecule has 0 radical (unpaired) electrons. The van der Waals surface area contributed by atoms with E-state index in [-0.39, 0.29) is 6.04 Å². The molecule has 104 valence electrons. The summed E-state index contributed by atoms with van der Waals surface area (Å²) in [6.45, 7) is 6.77. The fraction of sp³-hybridized carbons (Fsp3) is 0.583. The van der Waals surface area contributed by atoms with Gasteiger partial charge >= 0.3 is 0 Å². The molecule has 0 amide bonds. The molecule has 2 heterocycles. The van der Waals surface area contributed by atoms with Crippen LogP contribution in [0, 0.1) is 12.8 Å². The van der Waals surface area contributed by atoms with Gasteiger partial charge < -0.3 is 10.1 Å². The highest BCUT2D eigenvalue weighted by molar-refractivity contribution is 6.30. The lowest BCUT2D eigenvalue weighted by atomic mass is 10.1. The van der Waals surface area contributed by atoms with Crippen molar-refractivity contribution in [3.8, 4) is 0 Å². The van der Waals surface area contributed by atoms with Crippen molar-refractivity contribution in [2.75, 3.05) is 19.0 Å². The second kappa shape index (κ2) is 5.71. The van der Waals surface area contributed by atoms with Gasteiger partial charge in [0.1, 0.15) is 17.3 Å². The third-order valence-corrected chi connectivity index (χ3v) is 3.45. The van der Waals surface area contributed by atoms with Crippen molar-refractivity contribution in [1.82, 2.24) is 19.6 Å². The van der Waals surface area contributed by atoms with E-state index in [0.717, 1.165) is 11.4 Å². The van der Waals surface area contributed by atoms with Gasteiger partial charge in [-0.1, -0.05) is 25.4 Å². The maximum atomic E-state index is 6.13. The molecule has 2 aromatic rings. The highest BCUT2D eigenvalue weighted by atomic mass is 35.5. The van der Waals surface area contributed by atoms with Gasteiger partial charge in [0.05, 0.1) is 12.6 Å². The van der Waals surface area contributed by atoms with Crippen LogP contribution in [0.15, 0.2) is 6.33 Å². The first-order valence-corrected chi connectivity index (χ1v) is 6.53. The number of methoxy groups -OCH3 is 1. The van der Waals surface area contributed by atoms with Gasteiger partial charge in [0.2, 0.25) is 0 Å². The lowest BCUT2D eigenvalue weighted by molar-refractivity contribution is 0.171. The summed E-state index contributed by atoms with van der Waals surface area (Å²) in [6.07, 6.45) is 1.46. The summed E-state index contributed by atoms with van der Waals surface area (Å²) in [5, 5.41) is 8.04. The summed E-state index contributed by atoms with van der Waals surface area (Å²) in [4.78, 5) is 8.24. The molecule has 0 spiro atoms. The molecule has 0 aliphatic carbocycles. The van der Waals surface area contributed by atoms with Gasteiger partial charge in [-0.05, 0) is 12.8 Å². The van der Waals surface area contributed by atoms with Crippen LogP contribution >= 0.6 is 11.6 Å². The molecule has 19 heavy (non-hydrogen) atoms. The number of hydrogen-bond acceptors (Lipinski definition) is 5. The Morgan fingerprint density at radius 2 is 2.21 bits per heavy atom. The average Bonchev–Trinajstić information content (AvgIpc) is 2.81. The maximum Gasteiger partial charge on any atom is 0.255 e. The maximum absolute atomic E-state index is 6.13. The van der Waals surface area contributed by atoms with Gasteiger partial charge in [-0.25, -0.2) is 0 Å². The van der Waals surface area contributed by atoms with Gasteiger partial charge in [0.25, 0.3) is 5.78 Å². The number of ether oxygens (including phenoxy) is 1. The Balaban J connectivity index is 2.42. The molecule has 2 rings (SSSR count). The third kappa shape index (κ3) is 2.79. The predicted molar refractivity (Wildman–Crippen MR) is 74.7 cm³/mol. The Hall–Kier alpha value is -1.40. The van der Waals surface area contributed by atoms with Crippen LogP contribution in [-0.2, 0) is 4.74 Å². The molecule has 0 fully saturated rings. The molecule has 1 atom stereocenters. The van der Waals surface area contributed by atoms with Crippen LogP contribution in [0.5, 0.6) is 0 Å². The van der Waals surface area contributed by atoms with E-state index in [9.17, 15) is 0 Å². The molecule has 0 aromatic carbocycles. The summed E-state index contributed by atoms with van der Waals surface area (Å²) in [5.41, 5.74) is 0.849. The van der Waals surface area contributed by atoms with E-state index in [0.29, 0.717) is 23.5 Å². The quantitative estimate of drug-likeness (QED) is 0.852. The summed E-state index contributed by atoms with van der Waals surface area (Å²) < 4.78 is 6.90. The van der Waals surface area contributed by atoms with E-state index >= 15 is 0 Å². The van der Waals surface area contributed by atoms with Crippen LogP contribution in [0.2, 0.25) is 5.15 Å². The van der Waals surface area contributed by atoms with Gasteiger partial charge in [-0.3, -0.25) is 0 Å². The SMILES string of the molecule is COCC(Nc1c(C)c(Cl)nc2ncnn12)C(C)C. The Bertz CT molecular complexity index is 568. The Kier molecular flexibility index (Phi) is 4.21. The predicted octanol–water partition coefficient (Wildman–Crippen LogP) is 2.17. The van der Waals surface area contributed by atoms with E-state index in [1.807, 2.05) is 6.92 Å². The minimum Gasteiger partial charge on any atom is -0.383 e. The van der Waals surface area contributed by atoms with Crippen molar-refractivity contribution >= 4 is 23.2 Å². The first-order chi connectivity index (χ1) is 9.04. The molecule has 6 nitrogen and oxygen atoms in total. The standard InChI is InChI=1S/C12H18ClN5O/c1-7(2)9(5-19-4)16-11-8(3)10(13)17-12-14-6-15-18(11)12/h6-7,9,16H,5H2,1-4H3. The van der Waals surface area contributed by atoms with Crippen molar-refractivity contribution in [3.63, 3.8) is 0 Å². The van der Waals surface area contributed by atoms with Crippen LogP contribution < -0.4 is 5.32 Å². The van der Waals surface area contributed by atoms with Crippen molar-refractivity contribution < 1.29 is 4.74 Å². The summed E-state index contributed by atoms with van der Waals surface area (Å²) >= 11 is 6.13. The second-order valence-electron chi connectivity index (χ2n) is 4.80. The molecule has 2 aromatic heterocycles. The fourth-order valence-corrected chi connectivity index (χ4v) is 1.99. The third-order valence-electron chi connectivity index (χ3n) is 3.08. The van der Waals surface area contributed by atoms with E-state index in [1.54, 1.807) is 11.6 Å². The number of nitrogens with zero attached hydrogens (tertiary/aromatic N) is 4. The number of aromatic nitrogens is 4. The molecule has 0 aliphatic heterocycles. The minimum atomic E-state index is 0.162. The minimum absolute atomic E-state index is 0.162. The first kappa shape index (κ1) is 14.0. The van der Waals surface area contributed by atoms with E-state index in [1.165, 1.54) is 6.33 Å². The Morgan fingerprint density at radius 3 is 2.84 bits per heavy atom. The molecule has 0 saturated carbocycles. The lowest BCUT2D eigenvalue weighted by Gasteiger charge is -2.24. The van der Waals surface area contributed by atoms with Crippen LogP contribution in [-0.4, -0.2) is 39.3 Å². The summed E-state index contributed by atoms with van der Waals surface area (Å²) in [5.74, 6) is 1.70. The molecule has 7 heteroatoms. The normalized spacial score (nSPS) is 13.2. The smallest absolute Gasteiger partial charge is 0.255 e. The summed E-state index contributed by atoms with van der Waals surface area (Å²) in [7, 11) is 1.69. The lowest BCUT2D eigenvalue weighted by Crippen LogP contribution is -2.32. The Morgan fingerprint density at radius 1 is 1.47 bits per heavy atom.